The van der Waals surface area contributed by atoms with Crippen LogP contribution in [0, 0.1) is 0 Å². The zero-order chi connectivity index (χ0) is 46.9. The lowest BCUT2D eigenvalue weighted by molar-refractivity contribution is 0.591. The third kappa shape index (κ3) is 6.82. The number of benzene rings is 10. The molecule has 332 valence electrons. The molecular formula is C68H55N. The SMILES string of the molecule is CC(C)(C)c1ccc2c(c1-c1ccccc1)-c1ccc(N(c3ccc(-c4ccccc4)cc3)c3ccc4c(c3)C(C)(C)c3cc(-c5ccccc5)ccc3-4)cc1C2(c1ccccc1)c1ccccc1. The summed E-state index contributed by atoms with van der Waals surface area (Å²) in [5.74, 6) is 0. The Morgan fingerprint density at radius 3 is 1.29 bits per heavy atom. The van der Waals surface area contributed by atoms with E-state index in [-0.39, 0.29) is 10.8 Å². The Hall–Kier alpha value is -8.00. The molecule has 0 aromatic heterocycles. The minimum absolute atomic E-state index is 0.0993. The van der Waals surface area contributed by atoms with Crippen LogP contribution in [0.2, 0.25) is 0 Å². The lowest BCUT2D eigenvalue weighted by Gasteiger charge is -2.35. The summed E-state index contributed by atoms with van der Waals surface area (Å²) in [6.45, 7) is 11.8. The van der Waals surface area contributed by atoms with Crippen LogP contribution in [0.15, 0.2) is 243 Å². The van der Waals surface area contributed by atoms with Gasteiger partial charge < -0.3 is 4.90 Å². The van der Waals surface area contributed by atoms with Gasteiger partial charge in [0, 0.05) is 22.5 Å². The second kappa shape index (κ2) is 16.4. The number of hydrogen-bond donors (Lipinski definition) is 0. The second-order valence-electron chi connectivity index (χ2n) is 20.5. The van der Waals surface area contributed by atoms with Crippen molar-refractivity contribution in [2.75, 3.05) is 4.90 Å². The molecule has 0 N–H and O–H groups in total. The highest BCUT2D eigenvalue weighted by molar-refractivity contribution is 5.99. The highest BCUT2D eigenvalue weighted by Crippen LogP contribution is 2.61. The quantitative estimate of drug-likeness (QED) is 0.147. The van der Waals surface area contributed by atoms with Crippen LogP contribution >= 0.6 is 0 Å². The molecule has 0 saturated heterocycles. The van der Waals surface area contributed by atoms with E-state index in [4.69, 9.17) is 0 Å². The third-order valence-corrected chi connectivity index (χ3v) is 15.1. The maximum Gasteiger partial charge on any atom is 0.0714 e. The second-order valence-corrected chi connectivity index (χ2v) is 20.5. The molecule has 1 nitrogen and oxygen atoms in total. The highest BCUT2D eigenvalue weighted by atomic mass is 15.1. The number of fused-ring (bicyclic) bond motifs is 6. The van der Waals surface area contributed by atoms with E-state index in [1.807, 2.05) is 0 Å². The molecule has 0 fully saturated rings. The summed E-state index contributed by atoms with van der Waals surface area (Å²) in [7, 11) is 0. The summed E-state index contributed by atoms with van der Waals surface area (Å²) in [6.07, 6.45) is 0. The Labute approximate surface area is 408 Å². The first-order valence-corrected chi connectivity index (χ1v) is 24.4. The van der Waals surface area contributed by atoms with Gasteiger partial charge in [0.2, 0.25) is 0 Å². The van der Waals surface area contributed by atoms with Gasteiger partial charge in [-0.15, -0.1) is 0 Å². The number of hydrogen-bond acceptors (Lipinski definition) is 1. The molecule has 0 spiro atoms. The average molecular weight is 886 g/mol. The first kappa shape index (κ1) is 42.4. The standard InChI is InChI=1S/C68H55N/c1-66(2,3)59-41-42-60-65(64(59)49-25-15-8-16-26-49)58-40-37-55(45-63(58)68(60,51-27-17-9-18-28-51)52-29-19-10-20-30-52)69(53-34-31-48(32-35-53)46-21-11-6-12-22-46)54-36-39-57-56-38-33-50(47-23-13-7-14-24-47)43-61(56)67(4,5)62(57)44-54/h6-45H,1-5H3. The molecule has 0 heterocycles. The summed E-state index contributed by atoms with van der Waals surface area (Å²) in [4.78, 5) is 2.49. The van der Waals surface area contributed by atoms with E-state index in [1.165, 1.54) is 94.6 Å². The maximum atomic E-state index is 2.52. The fourth-order valence-electron chi connectivity index (χ4n) is 11.8. The molecule has 0 atom stereocenters. The first-order valence-electron chi connectivity index (χ1n) is 24.4. The van der Waals surface area contributed by atoms with Crippen molar-refractivity contribution in [1.82, 2.24) is 0 Å². The smallest absolute Gasteiger partial charge is 0.0714 e. The fraction of sp³-hybridized carbons (Fsp3) is 0.118. The highest BCUT2D eigenvalue weighted by Gasteiger charge is 2.48. The van der Waals surface area contributed by atoms with Crippen molar-refractivity contribution in [2.45, 2.75) is 50.9 Å². The van der Waals surface area contributed by atoms with Gasteiger partial charge in [-0.25, -0.2) is 0 Å². The molecule has 0 bridgehead atoms. The Bertz CT molecular complexity index is 3470. The third-order valence-electron chi connectivity index (χ3n) is 15.1. The molecule has 0 radical (unpaired) electrons. The molecule has 1 heteroatoms. The number of anilines is 3. The molecule has 10 aromatic rings. The van der Waals surface area contributed by atoms with E-state index >= 15 is 0 Å². The molecule has 69 heavy (non-hydrogen) atoms. The molecule has 0 unspecified atom stereocenters. The van der Waals surface area contributed by atoms with Gasteiger partial charge >= 0.3 is 0 Å². The van der Waals surface area contributed by atoms with Gasteiger partial charge in [0.15, 0.2) is 0 Å². The first-order chi connectivity index (χ1) is 33.6. The van der Waals surface area contributed by atoms with Crippen molar-refractivity contribution < 1.29 is 0 Å². The van der Waals surface area contributed by atoms with E-state index in [2.05, 4.69) is 282 Å². The van der Waals surface area contributed by atoms with Crippen molar-refractivity contribution >= 4 is 17.1 Å². The van der Waals surface area contributed by atoms with Crippen LogP contribution in [0.5, 0.6) is 0 Å². The van der Waals surface area contributed by atoms with Crippen LogP contribution in [0.25, 0.3) is 55.6 Å². The molecule has 10 aromatic carbocycles. The summed E-state index contributed by atoms with van der Waals surface area (Å²) >= 11 is 0. The lowest BCUT2D eigenvalue weighted by atomic mass is 9.67. The van der Waals surface area contributed by atoms with Gasteiger partial charge in [0.25, 0.3) is 0 Å². The summed E-state index contributed by atoms with van der Waals surface area (Å²) in [5, 5.41) is 0. The Morgan fingerprint density at radius 1 is 0.319 bits per heavy atom. The van der Waals surface area contributed by atoms with Gasteiger partial charge in [-0.3, -0.25) is 0 Å². The van der Waals surface area contributed by atoms with Crippen molar-refractivity contribution in [3.8, 4) is 55.6 Å². The Kier molecular flexibility index (Phi) is 10.0. The van der Waals surface area contributed by atoms with E-state index < -0.39 is 5.41 Å². The topological polar surface area (TPSA) is 3.24 Å². The minimum atomic E-state index is -0.607. The summed E-state index contributed by atoms with van der Waals surface area (Å²) in [5.41, 5.74) is 24.2. The van der Waals surface area contributed by atoms with Gasteiger partial charge in [-0.2, -0.15) is 0 Å². The van der Waals surface area contributed by atoms with E-state index in [9.17, 15) is 0 Å². The normalized spacial score (nSPS) is 13.8. The van der Waals surface area contributed by atoms with Crippen LogP contribution in [0.1, 0.15) is 73.6 Å². The van der Waals surface area contributed by atoms with Crippen LogP contribution < -0.4 is 4.90 Å². The molecular weight excluding hydrogens is 831 g/mol. The maximum absolute atomic E-state index is 2.52. The van der Waals surface area contributed by atoms with E-state index in [0.717, 1.165) is 17.1 Å². The van der Waals surface area contributed by atoms with E-state index in [1.54, 1.807) is 0 Å². The van der Waals surface area contributed by atoms with E-state index in [0.29, 0.717) is 0 Å². The van der Waals surface area contributed by atoms with Crippen molar-refractivity contribution in [3.63, 3.8) is 0 Å². The largest absolute Gasteiger partial charge is 0.310 e. The van der Waals surface area contributed by atoms with Crippen molar-refractivity contribution in [2.24, 2.45) is 0 Å². The van der Waals surface area contributed by atoms with Crippen LogP contribution in [-0.4, -0.2) is 0 Å². The van der Waals surface area contributed by atoms with Gasteiger partial charge in [-0.05, 0) is 142 Å². The molecule has 0 aliphatic heterocycles. The van der Waals surface area contributed by atoms with Crippen LogP contribution in [-0.2, 0) is 16.2 Å². The van der Waals surface area contributed by atoms with Gasteiger partial charge in [0.1, 0.15) is 0 Å². The van der Waals surface area contributed by atoms with Crippen LogP contribution in [0.3, 0.4) is 0 Å². The minimum Gasteiger partial charge on any atom is -0.310 e. The van der Waals surface area contributed by atoms with Crippen LogP contribution in [0.4, 0.5) is 17.1 Å². The Morgan fingerprint density at radius 2 is 0.739 bits per heavy atom. The summed E-state index contributed by atoms with van der Waals surface area (Å²) < 4.78 is 0. The molecule has 2 aliphatic rings. The average Bonchev–Trinajstić information content (AvgIpc) is 3.82. The van der Waals surface area contributed by atoms with Crippen molar-refractivity contribution in [1.29, 1.82) is 0 Å². The fourth-order valence-corrected chi connectivity index (χ4v) is 11.8. The zero-order valence-corrected chi connectivity index (χ0v) is 40.0. The zero-order valence-electron chi connectivity index (χ0n) is 40.0. The predicted octanol–water partition coefficient (Wildman–Crippen LogP) is 18.1. The Balaban J connectivity index is 1.11. The number of rotatable bonds is 8. The molecule has 0 amide bonds. The lowest BCUT2D eigenvalue weighted by Crippen LogP contribution is -2.29. The van der Waals surface area contributed by atoms with Gasteiger partial charge in [0.05, 0.1) is 5.41 Å². The number of nitrogens with zero attached hydrogens (tertiary/aromatic N) is 1. The molecule has 0 saturated carbocycles. The molecule has 12 rings (SSSR count). The summed E-state index contributed by atoms with van der Waals surface area (Å²) in [6, 6.07) is 90.5. The van der Waals surface area contributed by atoms with Gasteiger partial charge in [-0.1, -0.05) is 235 Å². The predicted molar refractivity (Wildman–Crippen MR) is 291 cm³/mol. The molecule has 2 aliphatic carbocycles. The monoisotopic (exact) mass is 885 g/mol. The van der Waals surface area contributed by atoms with Crippen molar-refractivity contribution in [3.05, 3.63) is 282 Å².